The minimum Gasteiger partial charge on any atom is -0.492 e. The van der Waals surface area contributed by atoms with Gasteiger partial charge in [0.05, 0.1) is 24.6 Å². The number of carbonyl (C=O) groups is 4. The fourth-order valence-corrected chi connectivity index (χ4v) is 4.97. The monoisotopic (exact) mass is 614 g/mol. The molecular formula is C32H43ClN4O6. The summed E-state index contributed by atoms with van der Waals surface area (Å²) in [5, 5.41) is 8.83. The van der Waals surface area contributed by atoms with Gasteiger partial charge in [0.25, 0.3) is 5.91 Å². The number of benzene rings is 2. The zero-order chi connectivity index (χ0) is 31.5. The molecule has 0 fully saturated rings. The van der Waals surface area contributed by atoms with Crippen molar-refractivity contribution >= 4 is 35.2 Å². The smallest absolute Gasteiger partial charge is 0.255 e. The summed E-state index contributed by atoms with van der Waals surface area (Å²) in [7, 11) is 1.71. The molecule has 4 amide bonds. The maximum absolute atomic E-state index is 13.7. The van der Waals surface area contributed by atoms with Crippen LogP contribution < -0.4 is 25.4 Å². The van der Waals surface area contributed by atoms with Crippen molar-refractivity contribution in [1.82, 2.24) is 20.9 Å². The van der Waals surface area contributed by atoms with Gasteiger partial charge in [0.2, 0.25) is 17.7 Å². The number of carbonyl (C=O) groups excluding carboxylic acids is 4. The second kappa shape index (κ2) is 16.2. The summed E-state index contributed by atoms with van der Waals surface area (Å²) in [6, 6.07) is 11.2. The Labute approximate surface area is 258 Å². The summed E-state index contributed by atoms with van der Waals surface area (Å²) in [6.45, 7) is 8.51. The van der Waals surface area contributed by atoms with Crippen molar-refractivity contribution in [2.45, 2.75) is 65.1 Å². The third-order valence-electron chi connectivity index (χ3n) is 7.04. The molecule has 0 radical (unpaired) electrons. The Morgan fingerprint density at radius 1 is 1.02 bits per heavy atom. The van der Waals surface area contributed by atoms with Gasteiger partial charge >= 0.3 is 0 Å². The molecule has 0 spiro atoms. The third kappa shape index (κ3) is 10.5. The third-order valence-corrected chi connectivity index (χ3v) is 7.29. The highest BCUT2D eigenvalue weighted by Crippen LogP contribution is 2.22. The fraction of sp³-hybridized carbons (Fsp3) is 0.500. The Morgan fingerprint density at radius 2 is 1.70 bits per heavy atom. The number of nitrogens with zero attached hydrogens (tertiary/aromatic N) is 1. The first-order chi connectivity index (χ1) is 20.4. The lowest BCUT2D eigenvalue weighted by Crippen LogP contribution is -2.55. The van der Waals surface area contributed by atoms with Crippen molar-refractivity contribution in [2.24, 2.45) is 11.8 Å². The van der Waals surface area contributed by atoms with E-state index in [0.29, 0.717) is 29.4 Å². The molecule has 0 saturated carbocycles. The lowest BCUT2D eigenvalue weighted by atomic mass is 9.99. The normalized spacial score (nSPS) is 20.0. The topological polar surface area (TPSA) is 126 Å². The maximum atomic E-state index is 13.7. The number of amides is 4. The minimum absolute atomic E-state index is 0.118. The van der Waals surface area contributed by atoms with E-state index in [9.17, 15) is 19.2 Å². The Balaban J connectivity index is 1.84. The van der Waals surface area contributed by atoms with E-state index < -0.39 is 29.8 Å². The van der Waals surface area contributed by atoms with Crippen LogP contribution in [0.3, 0.4) is 0 Å². The number of fused-ring (bicyclic) bond motifs is 1. The molecule has 234 valence electrons. The molecule has 11 heteroatoms. The van der Waals surface area contributed by atoms with E-state index in [1.165, 1.54) is 0 Å². The lowest BCUT2D eigenvalue weighted by molar-refractivity contribution is -0.138. The van der Waals surface area contributed by atoms with Crippen LogP contribution in [-0.4, -0.2) is 73.5 Å². The molecule has 0 aliphatic carbocycles. The standard InChI is InChI=1S/C32H43ClN4O6/c1-20(2)16-23-19-43-28-9-7-6-8-25(28)30(39)36-26(18-29(38)35-27(17-21(3)4)32(41)37(23)5)31(40)34-14-15-42-24-12-10-22(33)11-13-24/h6-13,20-21,23,26-27H,14-19H2,1-5H3,(H,34,40)(H,35,38)(H,36,39)/t23-,26-,27-/m0/s1. The van der Waals surface area contributed by atoms with Gasteiger partial charge in [-0.05, 0) is 61.1 Å². The van der Waals surface area contributed by atoms with Gasteiger partial charge in [-0.15, -0.1) is 0 Å². The second-order valence-electron chi connectivity index (χ2n) is 11.6. The zero-order valence-electron chi connectivity index (χ0n) is 25.5. The van der Waals surface area contributed by atoms with Crippen LogP contribution in [0.15, 0.2) is 48.5 Å². The van der Waals surface area contributed by atoms with Crippen LogP contribution in [0.5, 0.6) is 11.5 Å². The van der Waals surface area contributed by atoms with E-state index in [-0.39, 0.29) is 55.5 Å². The molecule has 0 unspecified atom stereocenters. The number of hydrogen-bond donors (Lipinski definition) is 3. The SMILES string of the molecule is CC(C)C[C@H]1COc2ccccc2C(=O)N[C@H](C(=O)NCCOc2ccc(Cl)cc2)CC(=O)N[C@@H](CC(C)C)C(=O)N1C. The minimum atomic E-state index is -1.21. The largest absolute Gasteiger partial charge is 0.492 e. The fourth-order valence-electron chi connectivity index (χ4n) is 4.85. The van der Waals surface area contributed by atoms with Crippen LogP contribution in [0, 0.1) is 11.8 Å². The first kappa shape index (κ1) is 33.7. The molecule has 3 rings (SSSR count). The van der Waals surface area contributed by atoms with E-state index in [4.69, 9.17) is 21.1 Å². The Kier molecular flexibility index (Phi) is 12.7. The first-order valence-corrected chi connectivity index (χ1v) is 15.1. The summed E-state index contributed by atoms with van der Waals surface area (Å²) in [4.78, 5) is 55.3. The zero-order valence-corrected chi connectivity index (χ0v) is 26.3. The molecule has 0 aromatic heterocycles. The Hall–Kier alpha value is -3.79. The molecule has 0 saturated heterocycles. The molecule has 2 aromatic rings. The molecular weight excluding hydrogens is 572 g/mol. The Morgan fingerprint density at radius 3 is 2.37 bits per heavy atom. The van der Waals surface area contributed by atoms with Crippen LogP contribution in [-0.2, 0) is 14.4 Å². The van der Waals surface area contributed by atoms with Crippen LogP contribution in [0.2, 0.25) is 5.02 Å². The van der Waals surface area contributed by atoms with E-state index in [2.05, 4.69) is 29.8 Å². The summed E-state index contributed by atoms with van der Waals surface area (Å²) in [5.41, 5.74) is 0.221. The van der Waals surface area contributed by atoms with Crippen LogP contribution in [0.1, 0.15) is 57.3 Å². The summed E-state index contributed by atoms with van der Waals surface area (Å²) < 4.78 is 11.8. The number of hydrogen-bond acceptors (Lipinski definition) is 6. The van der Waals surface area contributed by atoms with Crippen molar-refractivity contribution in [3.63, 3.8) is 0 Å². The predicted molar refractivity (Wildman–Crippen MR) is 165 cm³/mol. The summed E-state index contributed by atoms with van der Waals surface area (Å²) in [6.07, 6.45) is 0.723. The van der Waals surface area contributed by atoms with Crippen LogP contribution in [0.4, 0.5) is 0 Å². The number of ether oxygens (including phenoxy) is 2. The van der Waals surface area contributed by atoms with Crippen molar-refractivity contribution in [2.75, 3.05) is 26.8 Å². The average Bonchev–Trinajstić information content (AvgIpc) is 2.96. The molecule has 10 nitrogen and oxygen atoms in total. The van der Waals surface area contributed by atoms with Gasteiger partial charge in [-0.1, -0.05) is 51.4 Å². The number of nitrogens with one attached hydrogen (secondary N) is 3. The summed E-state index contributed by atoms with van der Waals surface area (Å²) >= 11 is 5.90. The second-order valence-corrected chi connectivity index (χ2v) is 12.0. The highest BCUT2D eigenvalue weighted by molar-refractivity contribution is 6.30. The van der Waals surface area contributed by atoms with Crippen LogP contribution in [0.25, 0.3) is 0 Å². The number of likely N-dealkylation sites (N-methyl/N-ethyl adjacent to an activating group) is 1. The van der Waals surface area contributed by atoms with Gasteiger partial charge in [0.15, 0.2) is 0 Å². The quantitative estimate of drug-likeness (QED) is 0.369. The number of para-hydroxylation sites is 1. The first-order valence-electron chi connectivity index (χ1n) is 14.7. The highest BCUT2D eigenvalue weighted by atomic mass is 35.5. The van der Waals surface area contributed by atoms with Gasteiger partial charge < -0.3 is 30.3 Å². The van der Waals surface area contributed by atoms with Gasteiger partial charge in [-0.2, -0.15) is 0 Å². The molecule has 2 aromatic carbocycles. The molecule has 43 heavy (non-hydrogen) atoms. The molecule has 1 aliphatic rings. The molecule has 3 N–H and O–H groups in total. The van der Waals surface area contributed by atoms with E-state index >= 15 is 0 Å². The number of rotatable bonds is 9. The maximum Gasteiger partial charge on any atom is 0.255 e. The van der Waals surface area contributed by atoms with Gasteiger partial charge in [-0.3, -0.25) is 19.2 Å². The van der Waals surface area contributed by atoms with Crippen molar-refractivity contribution < 1.29 is 28.7 Å². The van der Waals surface area contributed by atoms with Crippen molar-refractivity contribution in [1.29, 1.82) is 0 Å². The average molecular weight is 615 g/mol. The van der Waals surface area contributed by atoms with Crippen LogP contribution >= 0.6 is 11.6 Å². The van der Waals surface area contributed by atoms with Gasteiger partial charge in [0, 0.05) is 12.1 Å². The van der Waals surface area contributed by atoms with E-state index in [1.807, 2.05) is 13.8 Å². The lowest BCUT2D eigenvalue weighted by Gasteiger charge is -2.33. The number of halogens is 1. The molecule has 1 aliphatic heterocycles. The summed E-state index contributed by atoms with van der Waals surface area (Å²) in [5.74, 6) is -0.565. The van der Waals surface area contributed by atoms with E-state index in [0.717, 1.165) is 0 Å². The van der Waals surface area contributed by atoms with Gasteiger partial charge in [0.1, 0.15) is 36.8 Å². The predicted octanol–water partition coefficient (Wildman–Crippen LogP) is 3.82. The molecule has 1 heterocycles. The molecule has 3 atom stereocenters. The van der Waals surface area contributed by atoms with Crippen molar-refractivity contribution in [3.05, 3.63) is 59.1 Å². The molecule has 0 bridgehead atoms. The van der Waals surface area contributed by atoms with Gasteiger partial charge in [-0.25, -0.2) is 0 Å². The Bertz CT molecular complexity index is 1250. The van der Waals surface area contributed by atoms with E-state index in [1.54, 1.807) is 60.5 Å². The van der Waals surface area contributed by atoms with Crippen molar-refractivity contribution in [3.8, 4) is 11.5 Å². The highest BCUT2D eigenvalue weighted by Gasteiger charge is 2.32.